The number of halogens is 2. The van der Waals surface area contributed by atoms with Gasteiger partial charge in [0.2, 0.25) is 5.91 Å². The van der Waals surface area contributed by atoms with E-state index in [9.17, 15) is 4.79 Å². The maximum absolute atomic E-state index is 12.5. The van der Waals surface area contributed by atoms with Gasteiger partial charge in [0.1, 0.15) is 0 Å². The third kappa shape index (κ3) is 7.08. The topological polar surface area (TPSA) is 67.6 Å². The number of benzene rings is 2. The molecule has 1 saturated heterocycles. The largest absolute Gasteiger partial charge is 0.374 e. The van der Waals surface area contributed by atoms with Crippen LogP contribution >= 0.6 is 24.8 Å². The highest BCUT2D eigenvalue weighted by Gasteiger charge is 2.23. The molecule has 0 spiro atoms. The summed E-state index contributed by atoms with van der Waals surface area (Å²) >= 11 is 0. The van der Waals surface area contributed by atoms with Crippen LogP contribution in [-0.2, 0) is 16.1 Å². The van der Waals surface area contributed by atoms with E-state index in [1.165, 1.54) is 5.56 Å². The lowest BCUT2D eigenvalue weighted by atomic mass is 9.98. The monoisotopic (exact) mass is 425 g/mol. The van der Waals surface area contributed by atoms with Gasteiger partial charge in [-0.1, -0.05) is 60.7 Å². The van der Waals surface area contributed by atoms with Crippen molar-refractivity contribution in [2.45, 2.75) is 18.6 Å². The minimum absolute atomic E-state index is 0. The Morgan fingerprint density at radius 1 is 1.11 bits per heavy atom. The fraction of sp³-hybridized carbons (Fsp3) is 0.381. The van der Waals surface area contributed by atoms with E-state index >= 15 is 0 Å². The molecule has 0 aromatic heterocycles. The van der Waals surface area contributed by atoms with E-state index in [0.29, 0.717) is 19.7 Å². The molecule has 1 fully saturated rings. The zero-order valence-corrected chi connectivity index (χ0v) is 17.5. The van der Waals surface area contributed by atoms with Crippen molar-refractivity contribution in [3.63, 3.8) is 0 Å². The molecule has 7 heteroatoms. The number of carbonyl (C=O) groups is 1. The van der Waals surface area contributed by atoms with Crippen molar-refractivity contribution < 1.29 is 9.53 Å². The van der Waals surface area contributed by atoms with Gasteiger partial charge in [0, 0.05) is 32.7 Å². The first-order valence-electron chi connectivity index (χ1n) is 9.17. The summed E-state index contributed by atoms with van der Waals surface area (Å²) in [6.45, 7) is 4.12. The minimum atomic E-state index is -0.319. The van der Waals surface area contributed by atoms with Crippen LogP contribution < -0.4 is 11.1 Å². The van der Waals surface area contributed by atoms with Crippen LogP contribution in [-0.4, -0.2) is 49.7 Å². The number of nitrogens with zero attached hydrogens (tertiary/aromatic N) is 1. The maximum atomic E-state index is 12.5. The van der Waals surface area contributed by atoms with Crippen molar-refractivity contribution in [1.29, 1.82) is 0 Å². The Hall–Kier alpha value is -1.63. The molecule has 2 unspecified atom stereocenters. The molecular formula is C21H29Cl2N3O2. The average Bonchev–Trinajstić information content (AvgIpc) is 2.69. The molecule has 154 valence electrons. The van der Waals surface area contributed by atoms with Gasteiger partial charge in [0.15, 0.2) is 0 Å². The molecule has 2 aromatic rings. The molecule has 0 aliphatic carbocycles. The van der Waals surface area contributed by atoms with Crippen LogP contribution in [0, 0.1) is 0 Å². The first kappa shape index (κ1) is 24.4. The summed E-state index contributed by atoms with van der Waals surface area (Å²) in [6, 6.07) is 20.1. The SMILES string of the molecule is Cl.Cl.NCC(C(=O)NCC1CN(Cc2ccccc2)CCO1)c1ccccc1. The Bertz CT molecular complexity index is 689. The number of ether oxygens (including phenoxy) is 1. The molecule has 2 atom stereocenters. The van der Waals surface area contributed by atoms with Gasteiger partial charge in [-0.25, -0.2) is 0 Å². The summed E-state index contributed by atoms with van der Waals surface area (Å²) in [6.07, 6.45) is 0.00519. The second kappa shape index (κ2) is 12.8. The summed E-state index contributed by atoms with van der Waals surface area (Å²) in [5.41, 5.74) is 8.06. The number of nitrogens with one attached hydrogen (secondary N) is 1. The smallest absolute Gasteiger partial charge is 0.228 e. The molecule has 1 heterocycles. The second-order valence-electron chi connectivity index (χ2n) is 6.66. The summed E-state index contributed by atoms with van der Waals surface area (Å²) in [5, 5.41) is 3.02. The molecule has 3 rings (SSSR count). The van der Waals surface area contributed by atoms with Gasteiger partial charge in [-0.3, -0.25) is 9.69 Å². The highest BCUT2D eigenvalue weighted by molar-refractivity contribution is 5.85. The molecule has 0 bridgehead atoms. The number of hydrogen-bond acceptors (Lipinski definition) is 4. The first-order chi connectivity index (χ1) is 12.8. The molecule has 2 aromatic carbocycles. The number of rotatable bonds is 7. The molecule has 1 aliphatic rings. The van der Waals surface area contributed by atoms with Gasteiger partial charge in [0.05, 0.1) is 18.6 Å². The zero-order valence-electron chi connectivity index (χ0n) is 15.8. The van der Waals surface area contributed by atoms with Crippen molar-refractivity contribution in [1.82, 2.24) is 10.2 Å². The molecule has 0 radical (unpaired) electrons. The van der Waals surface area contributed by atoms with Gasteiger partial charge < -0.3 is 15.8 Å². The predicted octanol–water partition coefficient (Wildman–Crippen LogP) is 2.59. The second-order valence-corrected chi connectivity index (χ2v) is 6.66. The highest BCUT2D eigenvalue weighted by atomic mass is 35.5. The lowest BCUT2D eigenvalue weighted by molar-refractivity contribution is -0.123. The van der Waals surface area contributed by atoms with Crippen LogP contribution in [0.4, 0.5) is 0 Å². The fourth-order valence-electron chi connectivity index (χ4n) is 3.31. The third-order valence-corrected chi connectivity index (χ3v) is 4.73. The van der Waals surface area contributed by atoms with Crippen LogP contribution in [0.2, 0.25) is 0 Å². The number of nitrogens with two attached hydrogens (primary N) is 1. The third-order valence-electron chi connectivity index (χ3n) is 4.73. The van der Waals surface area contributed by atoms with Gasteiger partial charge in [0.25, 0.3) is 0 Å². The normalized spacial score (nSPS) is 17.7. The molecule has 1 aliphatic heterocycles. The number of carbonyl (C=O) groups excluding carboxylic acids is 1. The van der Waals surface area contributed by atoms with Crippen LogP contribution in [0.25, 0.3) is 0 Å². The average molecular weight is 426 g/mol. The van der Waals surface area contributed by atoms with Gasteiger partial charge in [-0.2, -0.15) is 0 Å². The van der Waals surface area contributed by atoms with Gasteiger partial charge in [-0.05, 0) is 11.1 Å². The van der Waals surface area contributed by atoms with E-state index in [2.05, 4.69) is 34.5 Å². The Morgan fingerprint density at radius 2 is 1.75 bits per heavy atom. The van der Waals surface area contributed by atoms with Crippen molar-refractivity contribution in [2.75, 3.05) is 32.8 Å². The minimum Gasteiger partial charge on any atom is -0.374 e. The van der Waals surface area contributed by atoms with Crippen LogP contribution in [0.1, 0.15) is 17.0 Å². The van der Waals surface area contributed by atoms with Crippen molar-refractivity contribution in [3.8, 4) is 0 Å². The maximum Gasteiger partial charge on any atom is 0.228 e. The molecular weight excluding hydrogens is 397 g/mol. The summed E-state index contributed by atoms with van der Waals surface area (Å²) < 4.78 is 5.83. The number of amides is 1. The highest BCUT2D eigenvalue weighted by Crippen LogP contribution is 2.15. The van der Waals surface area contributed by atoms with Crippen LogP contribution in [0.3, 0.4) is 0 Å². The number of hydrogen-bond donors (Lipinski definition) is 2. The Kier molecular flexibility index (Phi) is 11.1. The molecule has 5 nitrogen and oxygen atoms in total. The zero-order chi connectivity index (χ0) is 18.2. The summed E-state index contributed by atoms with van der Waals surface area (Å²) in [5.74, 6) is -0.359. The van der Waals surface area contributed by atoms with E-state index < -0.39 is 0 Å². The Labute approximate surface area is 179 Å². The van der Waals surface area contributed by atoms with E-state index in [1.807, 2.05) is 36.4 Å². The summed E-state index contributed by atoms with van der Waals surface area (Å²) in [4.78, 5) is 14.9. The number of morpholine rings is 1. The lowest BCUT2D eigenvalue weighted by Crippen LogP contribution is -2.48. The first-order valence-corrected chi connectivity index (χ1v) is 9.17. The lowest BCUT2D eigenvalue weighted by Gasteiger charge is -2.33. The Balaban J connectivity index is 0.00000196. The fourth-order valence-corrected chi connectivity index (χ4v) is 3.31. The predicted molar refractivity (Wildman–Crippen MR) is 117 cm³/mol. The van der Waals surface area contributed by atoms with E-state index in [0.717, 1.165) is 25.2 Å². The van der Waals surface area contributed by atoms with E-state index in [4.69, 9.17) is 10.5 Å². The van der Waals surface area contributed by atoms with Gasteiger partial charge in [-0.15, -0.1) is 24.8 Å². The van der Waals surface area contributed by atoms with Crippen molar-refractivity contribution >= 4 is 30.7 Å². The van der Waals surface area contributed by atoms with Crippen molar-refractivity contribution in [2.24, 2.45) is 5.73 Å². The van der Waals surface area contributed by atoms with E-state index in [-0.39, 0.29) is 42.7 Å². The van der Waals surface area contributed by atoms with Crippen LogP contribution in [0.5, 0.6) is 0 Å². The van der Waals surface area contributed by atoms with E-state index in [1.54, 1.807) is 0 Å². The summed E-state index contributed by atoms with van der Waals surface area (Å²) in [7, 11) is 0. The Morgan fingerprint density at radius 3 is 2.39 bits per heavy atom. The van der Waals surface area contributed by atoms with Crippen LogP contribution in [0.15, 0.2) is 60.7 Å². The molecule has 0 saturated carbocycles. The molecule has 3 N–H and O–H groups in total. The molecule has 28 heavy (non-hydrogen) atoms. The molecule has 1 amide bonds. The van der Waals surface area contributed by atoms with Gasteiger partial charge >= 0.3 is 0 Å². The van der Waals surface area contributed by atoms with Crippen molar-refractivity contribution in [3.05, 3.63) is 71.8 Å². The quantitative estimate of drug-likeness (QED) is 0.715. The standard InChI is InChI=1S/C21H27N3O2.2ClH/c22-13-20(18-9-5-2-6-10-18)21(25)23-14-19-16-24(11-12-26-19)15-17-7-3-1-4-8-17;;/h1-10,19-20H,11-16,22H2,(H,23,25);2*1H.